The van der Waals surface area contributed by atoms with Crippen LogP contribution in [0, 0.1) is 0 Å². The summed E-state index contributed by atoms with van der Waals surface area (Å²) in [6.45, 7) is 1.37. The number of unbranched alkanes of at least 4 members (excludes halogenated alkanes) is 1. The monoisotopic (exact) mass is 370 g/mol. The molecule has 0 bridgehead atoms. The Kier molecular flexibility index (Phi) is 5.75. The number of carbonyl (C=O) groups excluding carboxylic acids is 1. The summed E-state index contributed by atoms with van der Waals surface area (Å²) in [6.07, 6.45) is 4.70. The summed E-state index contributed by atoms with van der Waals surface area (Å²) in [7, 11) is -3.22. The smallest absolute Gasteiger partial charge is 0.273 e. The van der Waals surface area contributed by atoms with Crippen LogP contribution in [-0.4, -0.2) is 55.2 Å². The number of nitrogens with two attached hydrogens (primary N) is 1. The molecule has 3 N–H and O–H groups in total. The average molecular weight is 370 g/mol. The molecule has 0 radical (unpaired) electrons. The molecule has 3 rings (SSSR count). The highest BCUT2D eigenvalue weighted by Crippen LogP contribution is 2.40. The second kappa shape index (κ2) is 7.84. The number of aromatic nitrogens is 1. The Morgan fingerprint density at radius 1 is 1.28 bits per heavy atom. The number of amides is 1. The van der Waals surface area contributed by atoms with Crippen molar-refractivity contribution >= 4 is 15.9 Å². The van der Waals surface area contributed by atoms with E-state index in [0.717, 1.165) is 18.6 Å². The van der Waals surface area contributed by atoms with Crippen LogP contribution in [-0.2, 0) is 10.0 Å². The molecule has 140 valence electrons. The normalized spacial score (nSPS) is 19.9. The van der Waals surface area contributed by atoms with Crippen LogP contribution < -0.4 is 11.1 Å². The molecule has 1 aliphatic carbocycles. The van der Waals surface area contributed by atoms with Crippen molar-refractivity contribution in [1.82, 2.24) is 14.8 Å². The zero-order valence-corrected chi connectivity index (χ0v) is 15.1. The quantitative estimate of drug-likeness (QED) is 0.654. The first-order chi connectivity index (χ1) is 12.0. The Morgan fingerprint density at radius 3 is 2.64 bits per heavy atom. The van der Waals surface area contributed by atoms with Gasteiger partial charge in [0, 0.05) is 31.1 Å². The fourth-order valence-electron chi connectivity index (χ4n) is 3.05. The van der Waals surface area contributed by atoms with E-state index >= 15 is 0 Å². The summed E-state index contributed by atoms with van der Waals surface area (Å²) in [5.41, 5.74) is 5.71. The fraction of sp³-hybridized carbons (Fsp3) is 0.750. The van der Waals surface area contributed by atoms with Gasteiger partial charge in [-0.15, -0.1) is 0 Å². The number of nitrogens with zero attached hydrogens (tertiary/aromatic N) is 2. The lowest BCUT2D eigenvalue weighted by molar-refractivity contribution is 0.0914. The van der Waals surface area contributed by atoms with E-state index in [9.17, 15) is 13.2 Å². The third kappa shape index (κ3) is 4.80. The zero-order valence-electron chi connectivity index (χ0n) is 14.3. The molecule has 1 saturated heterocycles. The largest absolute Gasteiger partial charge is 0.360 e. The lowest BCUT2D eigenvalue weighted by Crippen LogP contribution is -2.47. The van der Waals surface area contributed by atoms with E-state index in [2.05, 4.69) is 10.5 Å². The molecule has 1 saturated carbocycles. The predicted molar refractivity (Wildman–Crippen MR) is 92.6 cm³/mol. The number of sulfonamides is 1. The molecule has 1 aromatic heterocycles. The summed E-state index contributed by atoms with van der Waals surface area (Å²) >= 11 is 0. The number of carbonyl (C=O) groups is 1. The first kappa shape index (κ1) is 18.3. The van der Waals surface area contributed by atoms with Gasteiger partial charge in [0.15, 0.2) is 5.69 Å². The molecule has 0 aromatic carbocycles. The Morgan fingerprint density at radius 2 is 2.00 bits per heavy atom. The molecular formula is C16H26N4O4S. The van der Waals surface area contributed by atoms with Gasteiger partial charge < -0.3 is 15.6 Å². The maximum Gasteiger partial charge on any atom is 0.273 e. The number of rotatable bonds is 8. The predicted octanol–water partition coefficient (Wildman–Crippen LogP) is 0.815. The van der Waals surface area contributed by atoms with Crippen LogP contribution in [0.25, 0.3) is 0 Å². The molecule has 0 unspecified atom stereocenters. The van der Waals surface area contributed by atoms with E-state index in [1.165, 1.54) is 4.31 Å². The third-order valence-corrected chi connectivity index (χ3v) is 6.74. The van der Waals surface area contributed by atoms with Crippen molar-refractivity contribution in [2.45, 2.75) is 50.5 Å². The summed E-state index contributed by atoms with van der Waals surface area (Å²) in [6, 6.07) is 1.67. The highest BCUT2D eigenvalue weighted by molar-refractivity contribution is 7.89. The zero-order chi connectivity index (χ0) is 17.9. The highest BCUT2D eigenvalue weighted by atomic mass is 32.2. The van der Waals surface area contributed by atoms with Gasteiger partial charge in [-0.1, -0.05) is 5.16 Å². The molecule has 1 amide bonds. The minimum absolute atomic E-state index is 0.0379. The lowest BCUT2D eigenvalue weighted by Gasteiger charge is -2.31. The van der Waals surface area contributed by atoms with Crippen molar-refractivity contribution in [2.75, 3.05) is 25.4 Å². The highest BCUT2D eigenvalue weighted by Gasteiger charge is 2.31. The molecule has 2 fully saturated rings. The Balaban J connectivity index is 1.46. The number of hydrogen-bond acceptors (Lipinski definition) is 6. The van der Waals surface area contributed by atoms with Gasteiger partial charge in [-0.25, -0.2) is 12.7 Å². The Labute approximate surface area is 148 Å². The van der Waals surface area contributed by atoms with Crippen molar-refractivity contribution in [3.05, 3.63) is 17.5 Å². The van der Waals surface area contributed by atoms with Gasteiger partial charge in [-0.05, 0) is 45.1 Å². The van der Waals surface area contributed by atoms with Crippen molar-refractivity contribution < 1.29 is 17.7 Å². The minimum Gasteiger partial charge on any atom is -0.360 e. The molecule has 25 heavy (non-hydrogen) atoms. The van der Waals surface area contributed by atoms with Crippen molar-refractivity contribution in [2.24, 2.45) is 5.73 Å². The first-order valence-electron chi connectivity index (χ1n) is 8.95. The van der Waals surface area contributed by atoms with Gasteiger partial charge in [0.1, 0.15) is 5.76 Å². The van der Waals surface area contributed by atoms with Crippen LogP contribution in [0.4, 0.5) is 0 Å². The van der Waals surface area contributed by atoms with E-state index in [0.29, 0.717) is 56.9 Å². The van der Waals surface area contributed by atoms with Crippen LogP contribution >= 0.6 is 0 Å². The molecule has 1 aromatic rings. The standard InChI is InChI=1S/C16H26N4O4S/c17-7-1-2-10-25(22,23)20-8-5-13(6-9-20)18-16(21)14-11-15(24-19-14)12-3-4-12/h11-13H,1-10,17H2,(H,18,21). The van der Waals surface area contributed by atoms with Gasteiger partial charge in [0.25, 0.3) is 5.91 Å². The summed E-state index contributed by atoms with van der Waals surface area (Å²) in [4.78, 5) is 12.2. The van der Waals surface area contributed by atoms with Crippen LogP contribution in [0.1, 0.15) is 60.7 Å². The molecule has 2 heterocycles. The van der Waals surface area contributed by atoms with Gasteiger partial charge >= 0.3 is 0 Å². The van der Waals surface area contributed by atoms with Crippen LogP contribution in [0.2, 0.25) is 0 Å². The SMILES string of the molecule is NCCCCS(=O)(=O)N1CCC(NC(=O)c2cc(C3CC3)on2)CC1. The number of hydrogen-bond donors (Lipinski definition) is 2. The topological polar surface area (TPSA) is 119 Å². The minimum atomic E-state index is -3.22. The lowest BCUT2D eigenvalue weighted by atomic mass is 10.1. The van der Waals surface area contributed by atoms with Crippen molar-refractivity contribution in [1.29, 1.82) is 0 Å². The summed E-state index contributed by atoms with van der Waals surface area (Å²) in [5.74, 6) is 1.09. The molecule has 8 nitrogen and oxygen atoms in total. The van der Waals surface area contributed by atoms with E-state index < -0.39 is 10.0 Å². The van der Waals surface area contributed by atoms with E-state index in [4.69, 9.17) is 10.3 Å². The summed E-state index contributed by atoms with van der Waals surface area (Å²) in [5, 5.41) is 6.77. The third-order valence-electron chi connectivity index (χ3n) is 4.78. The van der Waals surface area contributed by atoms with Crippen molar-refractivity contribution in [3.63, 3.8) is 0 Å². The maximum absolute atomic E-state index is 12.3. The van der Waals surface area contributed by atoms with Crippen molar-refractivity contribution in [3.8, 4) is 0 Å². The summed E-state index contributed by atoms with van der Waals surface area (Å²) < 4.78 is 31.2. The van der Waals surface area contributed by atoms with Crippen LogP contribution in [0.3, 0.4) is 0 Å². The van der Waals surface area contributed by atoms with Gasteiger partial charge in [0.05, 0.1) is 5.75 Å². The van der Waals surface area contributed by atoms with E-state index in [1.54, 1.807) is 6.07 Å². The molecule has 1 aliphatic heterocycles. The molecular weight excluding hydrogens is 344 g/mol. The van der Waals surface area contributed by atoms with Crippen LogP contribution in [0.15, 0.2) is 10.6 Å². The molecule has 0 spiro atoms. The first-order valence-corrected chi connectivity index (χ1v) is 10.6. The fourth-order valence-corrected chi connectivity index (χ4v) is 4.65. The second-order valence-electron chi connectivity index (χ2n) is 6.85. The Hall–Kier alpha value is -1.45. The molecule has 0 atom stereocenters. The van der Waals surface area contributed by atoms with Gasteiger partial charge in [0.2, 0.25) is 10.0 Å². The average Bonchev–Trinajstić information content (AvgIpc) is 3.32. The maximum atomic E-state index is 12.3. The number of piperidine rings is 1. The molecule has 9 heteroatoms. The number of nitrogens with one attached hydrogen (secondary N) is 1. The van der Waals surface area contributed by atoms with E-state index in [1.807, 2.05) is 0 Å². The Bertz CT molecular complexity index is 691. The van der Waals surface area contributed by atoms with Crippen LogP contribution in [0.5, 0.6) is 0 Å². The van der Waals surface area contributed by atoms with E-state index in [-0.39, 0.29) is 17.7 Å². The molecule has 2 aliphatic rings. The van der Waals surface area contributed by atoms with Gasteiger partial charge in [-0.3, -0.25) is 4.79 Å². The second-order valence-corrected chi connectivity index (χ2v) is 8.94. The van der Waals surface area contributed by atoms with Gasteiger partial charge in [-0.2, -0.15) is 0 Å².